The Morgan fingerprint density at radius 1 is 1.77 bits per heavy atom. The Morgan fingerprint density at radius 2 is 2.46 bits per heavy atom. The number of allylic oxidation sites excluding steroid dienone is 1. The van der Waals surface area contributed by atoms with Gasteiger partial charge in [0.2, 0.25) is 0 Å². The van der Waals surface area contributed by atoms with E-state index in [4.69, 9.17) is 11.1 Å². The van der Waals surface area contributed by atoms with Crippen molar-refractivity contribution in [1.29, 1.82) is 5.41 Å². The van der Waals surface area contributed by atoms with Crippen LogP contribution in [0.5, 0.6) is 0 Å². The summed E-state index contributed by atoms with van der Waals surface area (Å²) in [5.74, 6) is 0. The largest absolute Gasteiger partial charge is 0.404 e. The summed E-state index contributed by atoms with van der Waals surface area (Å²) in [5.41, 5.74) is 8.65. The fourth-order valence-corrected chi connectivity index (χ4v) is 1.09. The predicted octanol–water partition coefficient (Wildman–Crippen LogP) is 1.14. The first kappa shape index (κ1) is 9.51. The molecule has 0 unspecified atom stereocenters. The number of nitrogens with zero attached hydrogens (tertiary/aromatic N) is 1. The predicted molar refractivity (Wildman–Crippen MR) is 52.7 cm³/mol. The smallest absolute Gasteiger partial charge is 0.0594 e. The van der Waals surface area contributed by atoms with Crippen molar-refractivity contribution in [2.24, 2.45) is 5.73 Å². The third-order valence-corrected chi connectivity index (χ3v) is 1.82. The molecule has 1 aromatic rings. The minimum atomic E-state index is 0.495. The van der Waals surface area contributed by atoms with E-state index in [1.54, 1.807) is 6.92 Å². The Hall–Kier alpha value is -1.58. The first-order valence-corrected chi connectivity index (χ1v) is 4.10. The van der Waals surface area contributed by atoms with Crippen LogP contribution in [0.2, 0.25) is 0 Å². The summed E-state index contributed by atoms with van der Waals surface area (Å²) in [5, 5.41) is 14.3. The molecule has 13 heavy (non-hydrogen) atoms. The highest BCUT2D eigenvalue weighted by molar-refractivity contribution is 5.95. The molecule has 0 saturated carbocycles. The maximum absolute atomic E-state index is 7.43. The zero-order chi connectivity index (χ0) is 9.84. The maximum atomic E-state index is 7.43. The number of nitrogens with one attached hydrogen (secondary N) is 2. The van der Waals surface area contributed by atoms with Crippen LogP contribution >= 0.6 is 0 Å². The molecule has 0 aliphatic rings. The van der Waals surface area contributed by atoms with E-state index < -0.39 is 0 Å². The summed E-state index contributed by atoms with van der Waals surface area (Å²) in [7, 11) is 0. The van der Waals surface area contributed by atoms with Gasteiger partial charge in [0.1, 0.15) is 0 Å². The Bertz CT molecular complexity index is 335. The Morgan fingerprint density at radius 3 is 2.85 bits per heavy atom. The molecular weight excluding hydrogens is 164 g/mol. The van der Waals surface area contributed by atoms with Gasteiger partial charge in [0.25, 0.3) is 0 Å². The van der Waals surface area contributed by atoms with Crippen LogP contribution in [-0.2, 0) is 6.42 Å². The monoisotopic (exact) mass is 178 g/mol. The first-order chi connectivity index (χ1) is 6.13. The first-order valence-electron chi connectivity index (χ1n) is 4.10. The van der Waals surface area contributed by atoms with Gasteiger partial charge in [0.15, 0.2) is 0 Å². The average molecular weight is 178 g/mol. The van der Waals surface area contributed by atoms with Crippen molar-refractivity contribution in [2.45, 2.75) is 20.3 Å². The van der Waals surface area contributed by atoms with Gasteiger partial charge in [-0.2, -0.15) is 5.10 Å². The second-order valence-corrected chi connectivity index (χ2v) is 3.03. The number of rotatable bonds is 3. The highest BCUT2D eigenvalue weighted by Crippen LogP contribution is 2.06. The van der Waals surface area contributed by atoms with Crippen LogP contribution in [-0.4, -0.2) is 15.9 Å². The Kier molecular flexibility index (Phi) is 2.84. The summed E-state index contributed by atoms with van der Waals surface area (Å²) in [6.07, 6.45) is 2.12. The molecule has 0 radical (unpaired) electrons. The van der Waals surface area contributed by atoms with Crippen molar-refractivity contribution >= 4 is 5.71 Å². The van der Waals surface area contributed by atoms with Gasteiger partial charge < -0.3 is 11.1 Å². The standard InChI is InChI=1S/C9H14N4/c1-6-3-9(13-12-6)4-8(5-10)7(2)11/h3,5,11H,4,10H2,1-2H3,(H,12,13)/b8-5-,11-7?. The van der Waals surface area contributed by atoms with Crippen LogP contribution in [0.4, 0.5) is 0 Å². The molecule has 0 amide bonds. The number of aryl methyl sites for hydroxylation is 1. The molecule has 4 nitrogen and oxygen atoms in total. The fraction of sp³-hybridized carbons (Fsp3) is 0.333. The normalized spacial score (nSPS) is 11.7. The van der Waals surface area contributed by atoms with Gasteiger partial charge >= 0.3 is 0 Å². The van der Waals surface area contributed by atoms with Crippen molar-refractivity contribution in [3.63, 3.8) is 0 Å². The Balaban J connectivity index is 2.73. The number of nitrogens with two attached hydrogens (primary N) is 1. The van der Waals surface area contributed by atoms with E-state index in [0.29, 0.717) is 12.1 Å². The number of hydrogen-bond donors (Lipinski definition) is 3. The lowest BCUT2D eigenvalue weighted by Crippen LogP contribution is -2.03. The van der Waals surface area contributed by atoms with Gasteiger partial charge in [0, 0.05) is 17.8 Å². The van der Waals surface area contributed by atoms with Gasteiger partial charge in [-0.3, -0.25) is 5.10 Å². The second-order valence-electron chi connectivity index (χ2n) is 3.03. The molecule has 1 heterocycles. The van der Waals surface area contributed by atoms with Crippen molar-refractivity contribution in [3.05, 3.63) is 29.2 Å². The van der Waals surface area contributed by atoms with Gasteiger partial charge in [0.05, 0.1) is 5.69 Å². The molecule has 0 saturated heterocycles. The van der Waals surface area contributed by atoms with Crippen molar-refractivity contribution in [1.82, 2.24) is 10.2 Å². The molecule has 1 aromatic heterocycles. The number of aromatic nitrogens is 2. The maximum Gasteiger partial charge on any atom is 0.0594 e. The molecule has 0 spiro atoms. The molecule has 0 atom stereocenters. The zero-order valence-electron chi connectivity index (χ0n) is 7.89. The van der Waals surface area contributed by atoms with E-state index in [2.05, 4.69) is 10.2 Å². The minimum Gasteiger partial charge on any atom is -0.404 e. The molecule has 0 aliphatic heterocycles. The summed E-state index contributed by atoms with van der Waals surface area (Å²) >= 11 is 0. The van der Waals surface area contributed by atoms with Crippen LogP contribution in [0.3, 0.4) is 0 Å². The second kappa shape index (κ2) is 3.89. The van der Waals surface area contributed by atoms with Crippen LogP contribution in [0, 0.1) is 12.3 Å². The molecule has 0 fully saturated rings. The van der Waals surface area contributed by atoms with Gasteiger partial charge in [-0.05, 0) is 31.7 Å². The summed E-state index contributed by atoms with van der Waals surface area (Å²) in [6.45, 7) is 3.64. The SMILES string of the molecule is CC(=N)/C(=C\N)Cc1cc(C)n[nH]1. The lowest BCUT2D eigenvalue weighted by Gasteiger charge is -2.01. The molecule has 4 N–H and O–H groups in total. The fourth-order valence-electron chi connectivity index (χ4n) is 1.09. The van der Waals surface area contributed by atoms with E-state index in [0.717, 1.165) is 17.0 Å². The summed E-state index contributed by atoms with van der Waals surface area (Å²) in [6, 6.07) is 1.95. The van der Waals surface area contributed by atoms with Gasteiger partial charge in [-0.1, -0.05) is 0 Å². The molecule has 0 aliphatic carbocycles. The molecule has 0 bridgehead atoms. The van der Waals surface area contributed by atoms with Crippen molar-refractivity contribution in [2.75, 3.05) is 0 Å². The average Bonchev–Trinajstić information content (AvgIpc) is 2.46. The molecule has 1 rings (SSSR count). The van der Waals surface area contributed by atoms with E-state index in [1.807, 2.05) is 13.0 Å². The number of aromatic amines is 1. The highest BCUT2D eigenvalue weighted by atomic mass is 15.1. The lowest BCUT2D eigenvalue weighted by atomic mass is 10.1. The van der Waals surface area contributed by atoms with Crippen LogP contribution in [0.25, 0.3) is 0 Å². The van der Waals surface area contributed by atoms with Gasteiger partial charge in [-0.25, -0.2) is 0 Å². The quantitative estimate of drug-likeness (QED) is 0.607. The third kappa shape index (κ3) is 2.43. The van der Waals surface area contributed by atoms with Crippen molar-refractivity contribution < 1.29 is 0 Å². The molecule has 4 heteroatoms. The molecule has 70 valence electrons. The summed E-state index contributed by atoms with van der Waals surface area (Å²) in [4.78, 5) is 0. The molecular formula is C9H14N4. The van der Waals surface area contributed by atoms with Gasteiger partial charge in [-0.15, -0.1) is 0 Å². The van der Waals surface area contributed by atoms with Crippen molar-refractivity contribution in [3.8, 4) is 0 Å². The lowest BCUT2D eigenvalue weighted by molar-refractivity contribution is 0.980. The zero-order valence-corrected chi connectivity index (χ0v) is 7.89. The topological polar surface area (TPSA) is 78.6 Å². The van der Waals surface area contributed by atoms with Crippen LogP contribution in [0.15, 0.2) is 17.8 Å². The van der Waals surface area contributed by atoms with Crippen LogP contribution < -0.4 is 5.73 Å². The number of H-pyrrole nitrogens is 1. The van der Waals surface area contributed by atoms with Crippen LogP contribution in [0.1, 0.15) is 18.3 Å². The third-order valence-electron chi connectivity index (χ3n) is 1.82. The van der Waals surface area contributed by atoms with E-state index >= 15 is 0 Å². The van der Waals surface area contributed by atoms with E-state index in [-0.39, 0.29) is 0 Å². The number of hydrogen-bond acceptors (Lipinski definition) is 3. The van der Waals surface area contributed by atoms with E-state index in [1.165, 1.54) is 6.20 Å². The van der Waals surface area contributed by atoms with E-state index in [9.17, 15) is 0 Å². The minimum absolute atomic E-state index is 0.495. The highest BCUT2D eigenvalue weighted by Gasteiger charge is 2.03. The Labute approximate surface area is 77.4 Å². The molecule has 0 aromatic carbocycles. The summed E-state index contributed by atoms with van der Waals surface area (Å²) < 4.78 is 0.